The van der Waals surface area contributed by atoms with Crippen LogP contribution in [-0.4, -0.2) is 25.2 Å². The van der Waals surface area contributed by atoms with Gasteiger partial charge in [0.05, 0.1) is 6.10 Å². The molecule has 0 radical (unpaired) electrons. The summed E-state index contributed by atoms with van der Waals surface area (Å²) in [6, 6.07) is 15.2. The van der Waals surface area contributed by atoms with Gasteiger partial charge in [0.2, 0.25) is 0 Å². The molecule has 0 spiro atoms. The number of carbonyl (C=O) groups is 1. The van der Waals surface area contributed by atoms with Crippen molar-refractivity contribution < 1.29 is 14.3 Å². The Kier molecular flexibility index (Phi) is 5.71. The van der Waals surface area contributed by atoms with Gasteiger partial charge in [-0.1, -0.05) is 38.1 Å². The smallest absolute Gasteiger partial charge is 0.255 e. The van der Waals surface area contributed by atoms with Gasteiger partial charge < -0.3 is 14.8 Å². The number of ether oxygens (including phenoxy) is 2. The highest BCUT2D eigenvalue weighted by Gasteiger charge is 2.16. The van der Waals surface area contributed by atoms with E-state index in [4.69, 9.17) is 9.47 Å². The number of hydrogen-bond acceptors (Lipinski definition) is 3. The first-order chi connectivity index (χ1) is 12.1. The van der Waals surface area contributed by atoms with Gasteiger partial charge in [-0.3, -0.25) is 4.79 Å². The van der Waals surface area contributed by atoms with E-state index in [9.17, 15) is 4.79 Å². The number of hydrogen-bond donors (Lipinski definition) is 1. The van der Waals surface area contributed by atoms with Crippen LogP contribution in [0.15, 0.2) is 48.5 Å². The highest BCUT2D eigenvalue weighted by Crippen LogP contribution is 2.25. The van der Waals surface area contributed by atoms with Gasteiger partial charge >= 0.3 is 0 Å². The van der Waals surface area contributed by atoms with Crippen molar-refractivity contribution in [2.45, 2.75) is 38.7 Å². The minimum Gasteiger partial charge on any atom is -0.491 e. The Balaban J connectivity index is 1.67. The summed E-state index contributed by atoms with van der Waals surface area (Å²) >= 11 is 0. The predicted octanol–water partition coefficient (Wildman–Crippen LogP) is 4.62. The zero-order chi connectivity index (χ0) is 17.6. The topological polar surface area (TPSA) is 47.6 Å². The maximum absolute atomic E-state index is 12.6. The molecule has 4 heteroatoms. The van der Waals surface area contributed by atoms with Crippen molar-refractivity contribution in [1.82, 2.24) is 0 Å². The van der Waals surface area contributed by atoms with E-state index in [0.29, 0.717) is 23.8 Å². The van der Waals surface area contributed by atoms with Crippen molar-refractivity contribution in [1.29, 1.82) is 0 Å². The molecule has 1 aliphatic rings. The van der Waals surface area contributed by atoms with Gasteiger partial charge in [0.25, 0.3) is 5.91 Å². The Labute approximate surface area is 149 Å². The van der Waals surface area contributed by atoms with E-state index in [-0.39, 0.29) is 12.0 Å². The van der Waals surface area contributed by atoms with Crippen molar-refractivity contribution in [3.05, 3.63) is 59.7 Å². The molecule has 1 fully saturated rings. The fourth-order valence-corrected chi connectivity index (χ4v) is 3.00. The largest absolute Gasteiger partial charge is 0.491 e. The quantitative estimate of drug-likeness (QED) is 0.835. The Morgan fingerprint density at radius 3 is 2.84 bits per heavy atom. The first-order valence-corrected chi connectivity index (χ1v) is 8.88. The van der Waals surface area contributed by atoms with E-state index in [1.54, 1.807) is 12.1 Å². The van der Waals surface area contributed by atoms with Gasteiger partial charge in [-0.25, -0.2) is 0 Å². The van der Waals surface area contributed by atoms with Gasteiger partial charge in [-0.05, 0) is 48.6 Å². The lowest BCUT2D eigenvalue weighted by atomic mass is 10.0. The molecule has 0 saturated carbocycles. The van der Waals surface area contributed by atoms with Crippen LogP contribution in [0.1, 0.15) is 48.5 Å². The second-order valence-corrected chi connectivity index (χ2v) is 6.67. The molecule has 1 heterocycles. The van der Waals surface area contributed by atoms with Gasteiger partial charge in [0.15, 0.2) is 0 Å². The predicted molar refractivity (Wildman–Crippen MR) is 99.4 cm³/mol. The Hall–Kier alpha value is -2.33. The monoisotopic (exact) mass is 339 g/mol. The van der Waals surface area contributed by atoms with Crippen molar-refractivity contribution in [3.8, 4) is 5.75 Å². The van der Waals surface area contributed by atoms with Crippen LogP contribution in [0.3, 0.4) is 0 Å². The zero-order valence-corrected chi connectivity index (χ0v) is 14.8. The first-order valence-electron chi connectivity index (χ1n) is 8.88. The number of carbonyl (C=O) groups excluding carboxylic acids is 1. The normalized spacial score (nSPS) is 16.8. The lowest BCUT2D eigenvalue weighted by Gasteiger charge is -2.14. The van der Waals surface area contributed by atoms with Gasteiger partial charge in [-0.15, -0.1) is 0 Å². The number of rotatable bonds is 6. The van der Waals surface area contributed by atoms with E-state index in [1.807, 2.05) is 36.4 Å². The third kappa shape index (κ3) is 4.60. The average Bonchev–Trinajstić information content (AvgIpc) is 3.14. The molecule has 132 valence electrons. The standard InChI is InChI=1S/C21H25NO3/c1-15(2)19-10-3-4-11-20(19)22-21(23)16-7-5-8-17(13-16)25-14-18-9-6-12-24-18/h3-5,7-8,10-11,13,15,18H,6,9,12,14H2,1-2H3,(H,22,23). The maximum atomic E-state index is 12.6. The molecular formula is C21H25NO3. The molecule has 1 saturated heterocycles. The van der Waals surface area contributed by atoms with Crippen LogP contribution in [-0.2, 0) is 4.74 Å². The molecule has 1 N–H and O–H groups in total. The Morgan fingerprint density at radius 2 is 2.08 bits per heavy atom. The average molecular weight is 339 g/mol. The SMILES string of the molecule is CC(C)c1ccccc1NC(=O)c1cccc(OCC2CCCO2)c1. The highest BCUT2D eigenvalue weighted by atomic mass is 16.5. The van der Waals surface area contributed by atoms with Gasteiger partial charge in [0.1, 0.15) is 12.4 Å². The summed E-state index contributed by atoms with van der Waals surface area (Å²) < 4.78 is 11.4. The van der Waals surface area contributed by atoms with E-state index in [2.05, 4.69) is 19.2 Å². The second-order valence-electron chi connectivity index (χ2n) is 6.67. The molecule has 1 aliphatic heterocycles. The third-order valence-electron chi connectivity index (χ3n) is 4.39. The molecule has 4 nitrogen and oxygen atoms in total. The Morgan fingerprint density at radius 1 is 1.24 bits per heavy atom. The molecule has 0 aliphatic carbocycles. The van der Waals surface area contributed by atoms with E-state index in [0.717, 1.165) is 30.7 Å². The fourth-order valence-electron chi connectivity index (χ4n) is 3.00. The summed E-state index contributed by atoms with van der Waals surface area (Å²) in [5, 5.41) is 3.01. The molecule has 3 rings (SSSR count). The molecule has 1 unspecified atom stereocenters. The summed E-state index contributed by atoms with van der Waals surface area (Å²) in [7, 11) is 0. The van der Waals surface area contributed by atoms with E-state index >= 15 is 0 Å². The molecule has 25 heavy (non-hydrogen) atoms. The zero-order valence-electron chi connectivity index (χ0n) is 14.8. The Bertz CT molecular complexity index is 721. The van der Waals surface area contributed by atoms with Crippen molar-refractivity contribution in [2.24, 2.45) is 0 Å². The number of benzene rings is 2. The molecule has 1 atom stereocenters. The summed E-state index contributed by atoms with van der Waals surface area (Å²) in [4.78, 5) is 12.6. The van der Waals surface area contributed by atoms with Crippen molar-refractivity contribution >= 4 is 11.6 Å². The number of anilines is 1. The van der Waals surface area contributed by atoms with E-state index < -0.39 is 0 Å². The molecule has 1 amide bonds. The lowest BCUT2D eigenvalue weighted by molar-refractivity contribution is 0.0679. The van der Waals surface area contributed by atoms with Crippen LogP contribution in [0, 0.1) is 0 Å². The first kappa shape index (κ1) is 17.5. The van der Waals surface area contributed by atoms with Crippen LogP contribution in [0.2, 0.25) is 0 Å². The number of amides is 1. The van der Waals surface area contributed by atoms with Crippen LogP contribution in [0.25, 0.3) is 0 Å². The van der Waals surface area contributed by atoms with Crippen LogP contribution in [0.5, 0.6) is 5.75 Å². The number of para-hydroxylation sites is 1. The van der Waals surface area contributed by atoms with E-state index in [1.165, 1.54) is 0 Å². The van der Waals surface area contributed by atoms with Crippen molar-refractivity contribution in [3.63, 3.8) is 0 Å². The minimum absolute atomic E-state index is 0.129. The summed E-state index contributed by atoms with van der Waals surface area (Å²) in [5.41, 5.74) is 2.57. The molecule has 0 bridgehead atoms. The number of nitrogens with one attached hydrogen (secondary N) is 1. The van der Waals surface area contributed by atoms with Crippen LogP contribution in [0.4, 0.5) is 5.69 Å². The van der Waals surface area contributed by atoms with Gasteiger partial charge in [0, 0.05) is 17.9 Å². The molecule has 2 aromatic rings. The van der Waals surface area contributed by atoms with Gasteiger partial charge in [-0.2, -0.15) is 0 Å². The second kappa shape index (κ2) is 8.17. The highest BCUT2D eigenvalue weighted by molar-refractivity contribution is 6.04. The minimum atomic E-state index is -0.129. The fraction of sp³-hybridized carbons (Fsp3) is 0.381. The third-order valence-corrected chi connectivity index (χ3v) is 4.39. The van der Waals surface area contributed by atoms with Crippen LogP contribution < -0.4 is 10.1 Å². The van der Waals surface area contributed by atoms with Crippen LogP contribution >= 0.6 is 0 Å². The van der Waals surface area contributed by atoms with Crippen molar-refractivity contribution in [2.75, 3.05) is 18.5 Å². The molecule has 2 aromatic carbocycles. The summed E-state index contributed by atoms with van der Waals surface area (Å²) in [6.07, 6.45) is 2.29. The molecular weight excluding hydrogens is 314 g/mol. The summed E-state index contributed by atoms with van der Waals surface area (Å²) in [6.45, 7) is 5.57. The molecule has 0 aromatic heterocycles. The summed E-state index contributed by atoms with van der Waals surface area (Å²) in [5.74, 6) is 0.911. The lowest BCUT2D eigenvalue weighted by Crippen LogP contribution is -2.17. The maximum Gasteiger partial charge on any atom is 0.255 e.